The van der Waals surface area contributed by atoms with Crippen LogP contribution in [-0.2, 0) is 11.8 Å². The van der Waals surface area contributed by atoms with E-state index >= 15 is 0 Å². The monoisotopic (exact) mass is 249 g/mol. The predicted octanol–water partition coefficient (Wildman–Crippen LogP) is 4.07. The van der Waals surface area contributed by atoms with Gasteiger partial charge < -0.3 is 0 Å². The smallest absolute Gasteiger partial charge is 0.0794 e. The van der Waals surface area contributed by atoms with E-state index in [0.717, 1.165) is 11.4 Å². The fourth-order valence-corrected chi connectivity index (χ4v) is 3.23. The fourth-order valence-electron chi connectivity index (χ4n) is 2.15. The number of hydrogen-bond donors (Lipinski definition) is 0. The Morgan fingerprint density at radius 2 is 2.12 bits per heavy atom. The van der Waals surface area contributed by atoms with Gasteiger partial charge >= 0.3 is 0 Å². The summed E-state index contributed by atoms with van der Waals surface area (Å²) in [6.07, 6.45) is 5.59. The molecule has 0 aliphatic heterocycles. The minimum absolute atomic E-state index is 0.339. The van der Waals surface area contributed by atoms with Gasteiger partial charge in [0.1, 0.15) is 0 Å². The molecule has 1 heterocycles. The Bertz CT molecular complexity index is 488. The van der Waals surface area contributed by atoms with Gasteiger partial charge in [-0.1, -0.05) is 29.8 Å². The van der Waals surface area contributed by atoms with Crippen LogP contribution in [0.3, 0.4) is 0 Å². The van der Waals surface area contributed by atoms with Crippen LogP contribution in [0.5, 0.6) is 0 Å². The Labute approximate surface area is 104 Å². The molecule has 0 saturated heterocycles. The van der Waals surface area contributed by atoms with Gasteiger partial charge in [-0.05, 0) is 30.9 Å². The van der Waals surface area contributed by atoms with Gasteiger partial charge in [0.15, 0.2) is 0 Å². The number of rotatable bonds is 3. The summed E-state index contributed by atoms with van der Waals surface area (Å²) in [6.45, 7) is 0. The highest BCUT2D eigenvalue weighted by Crippen LogP contribution is 2.52. The Kier molecular flexibility index (Phi) is 2.49. The topological polar surface area (TPSA) is 12.9 Å². The Hall–Kier alpha value is -0.860. The van der Waals surface area contributed by atoms with Crippen molar-refractivity contribution in [1.82, 2.24) is 4.98 Å². The van der Waals surface area contributed by atoms with E-state index in [1.807, 2.05) is 23.8 Å². The van der Waals surface area contributed by atoms with Crippen LogP contribution in [0.2, 0.25) is 5.02 Å². The molecular formula is C13H12ClNS. The molecule has 1 aliphatic carbocycles. The van der Waals surface area contributed by atoms with Gasteiger partial charge in [-0.3, -0.25) is 4.98 Å². The third kappa shape index (κ3) is 1.76. The van der Waals surface area contributed by atoms with Gasteiger partial charge in [0.25, 0.3) is 0 Å². The van der Waals surface area contributed by atoms with E-state index in [4.69, 9.17) is 11.6 Å². The van der Waals surface area contributed by atoms with E-state index in [9.17, 15) is 0 Å². The van der Waals surface area contributed by atoms with Crippen molar-refractivity contribution >= 4 is 22.9 Å². The lowest BCUT2D eigenvalue weighted by atomic mass is 9.95. The summed E-state index contributed by atoms with van der Waals surface area (Å²) in [6, 6.07) is 8.14. The maximum atomic E-state index is 6.21. The van der Waals surface area contributed by atoms with Gasteiger partial charge in [-0.25, -0.2) is 0 Å². The van der Waals surface area contributed by atoms with Gasteiger partial charge in [-0.15, -0.1) is 11.3 Å². The van der Waals surface area contributed by atoms with Crippen molar-refractivity contribution in [2.45, 2.75) is 24.7 Å². The average molecular weight is 250 g/mol. The molecule has 0 unspecified atom stereocenters. The molecule has 1 aliphatic rings. The summed E-state index contributed by atoms with van der Waals surface area (Å²) < 4.78 is 0. The van der Waals surface area contributed by atoms with E-state index < -0.39 is 0 Å². The molecule has 3 heteroatoms. The van der Waals surface area contributed by atoms with Crippen molar-refractivity contribution in [3.05, 3.63) is 51.4 Å². The molecule has 1 fully saturated rings. The summed E-state index contributed by atoms with van der Waals surface area (Å²) in [7, 11) is 0. The van der Waals surface area contributed by atoms with E-state index in [1.54, 1.807) is 11.3 Å². The van der Waals surface area contributed by atoms with Crippen molar-refractivity contribution < 1.29 is 0 Å². The number of thiazole rings is 1. The number of nitrogens with zero attached hydrogens (tertiary/aromatic N) is 1. The molecule has 16 heavy (non-hydrogen) atoms. The van der Waals surface area contributed by atoms with Gasteiger partial charge in [0.2, 0.25) is 0 Å². The average Bonchev–Trinajstić information content (AvgIpc) is 2.87. The summed E-state index contributed by atoms with van der Waals surface area (Å²) in [5, 5.41) is 0.887. The molecule has 1 aromatic heterocycles. The zero-order chi connectivity index (χ0) is 11.0. The summed E-state index contributed by atoms with van der Waals surface area (Å²) in [4.78, 5) is 5.59. The van der Waals surface area contributed by atoms with Crippen LogP contribution in [0.4, 0.5) is 0 Å². The van der Waals surface area contributed by atoms with Crippen LogP contribution in [0.1, 0.15) is 23.3 Å². The summed E-state index contributed by atoms with van der Waals surface area (Å²) in [5.74, 6) is 0. The second-order valence-electron chi connectivity index (χ2n) is 4.41. The normalized spacial score (nSPS) is 17.3. The lowest BCUT2D eigenvalue weighted by Crippen LogP contribution is -2.08. The van der Waals surface area contributed by atoms with Gasteiger partial charge in [-0.2, -0.15) is 0 Å². The highest BCUT2D eigenvalue weighted by molar-refractivity contribution is 7.09. The lowest BCUT2D eigenvalue weighted by molar-refractivity contribution is 0.701. The van der Waals surface area contributed by atoms with Crippen LogP contribution in [-0.4, -0.2) is 4.98 Å². The van der Waals surface area contributed by atoms with E-state index in [2.05, 4.69) is 17.1 Å². The summed E-state index contributed by atoms with van der Waals surface area (Å²) in [5.41, 5.74) is 3.52. The molecule has 0 spiro atoms. The van der Waals surface area contributed by atoms with Crippen molar-refractivity contribution in [3.8, 4) is 0 Å². The largest absolute Gasteiger partial charge is 0.253 e. The molecule has 0 atom stereocenters. The SMILES string of the molecule is Clc1ccccc1CC1(c2cncs2)CC1. The molecule has 0 N–H and O–H groups in total. The number of aromatic nitrogens is 1. The first-order chi connectivity index (χ1) is 7.80. The molecule has 3 rings (SSSR count). The minimum Gasteiger partial charge on any atom is -0.253 e. The highest BCUT2D eigenvalue weighted by atomic mass is 35.5. The van der Waals surface area contributed by atoms with Gasteiger partial charge in [0.05, 0.1) is 5.51 Å². The molecule has 1 aromatic carbocycles. The molecule has 1 nitrogen and oxygen atoms in total. The fraction of sp³-hybridized carbons (Fsp3) is 0.308. The van der Waals surface area contributed by atoms with Gasteiger partial charge in [0, 0.05) is 21.5 Å². The van der Waals surface area contributed by atoms with Crippen LogP contribution in [0.25, 0.3) is 0 Å². The zero-order valence-corrected chi connectivity index (χ0v) is 10.4. The van der Waals surface area contributed by atoms with E-state index in [0.29, 0.717) is 5.41 Å². The number of halogens is 1. The first kappa shape index (κ1) is 10.3. The molecule has 0 radical (unpaired) electrons. The summed E-state index contributed by atoms with van der Waals surface area (Å²) >= 11 is 7.97. The van der Waals surface area contributed by atoms with Crippen LogP contribution < -0.4 is 0 Å². The molecule has 0 bridgehead atoms. The third-order valence-corrected chi connectivity index (χ3v) is 4.68. The molecule has 1 saturated carbocycles. The van der Waals surface area contributed by atoms with Crippen LogP contribution >= 0.6 is 22.9 Å². The molecule has 2 aromatic rings. The van der Waals surface area contributed by atoms with Crippen molar-refractivity contribution in [1.29, 1.82) is 0 Å². The van der Waals surface area contributed by atoms with E-state index in [-0.39, 0.29) is 0 Å². The third-order valence-electron chi connectivity index (χ3n) is 3.30. The highest BCUT2D eigenvalue weighted by Gasteiger charge is 2.45. The quantitative estimate of drug-likeness (QED) is 0.799. The maximum Gasteiger partial charge on any atom is 0.0794 e. The van der Waals surface area contributed by atoms with Crippen LogP contribution in [0, 0.1) is 0 Å². The van der Waals surface area contributed by atoms with Crippen molar-refractivity contribution in [2.24, 2.45) is 0 Å². The number of benzene rings is 1. The van der Waals surface area contributed by atoms with E-state index in [1.165, 1.54) is 23.3 Å². The number of hydrogen-bond acceptors (Lipinski definition) is 2. The molecule has 82 valence electrons. The second kappa shape index (κ2) is 3.86. The maximum absolute atomic E-state index is 6.21. The zero-order valence-electron chi connectivity index (χ0n) is 8.82. The first-order valence-electron chi connectivity index (χ1n) is 5.43. The Morgan fingerprint density at radius 1 is 1.31 bits per heavy atom. The molecular weight excluding hydrogens is 238 g/mol. The van der Waals surface area contributed by atoms with Crippen LogP contribution in [0.15, 0.2) is 36.0 Å². The van der Waals surface area contributed by atoms with Crippen molar-refractivity contribution in [2.75, 3.05) is 0 Å². The predicted molar refractivity (Wildman–Crippen MR) is 68.2 cm³/mol. The standard InChI is InChI=1S/C13H12ClNS/c14-11-4-2-1-3-10(11)7-13(5-6-13)12-8-15-9-16-12/h1-4,8-9H,5-7H2. The lowest BCUT2D eigenvalue weighted by Gasteiger charge is -2.13. The second-order valence-corrected chi connectivity index (χ2v) is 5.71. The van der Waals surface area contributed by atoms with Crippen molar-refractivity contribution in [3.63, 3.8) is 0 Å². The Balaban J connectivity index is 1.88. The molecule has 0 amide bonds. The first-order valence-corrected chi connectivity index (χ1v) is 6.68. The minimum atomic E-state index is 0.339. The Morgan fingerprint density at radius 3 is 2.75 bits per heavy atom.